The molecule has 4 fully saturated rings. The van der Waals surface area contributed by atoms with Crippen LogP contribution >= 0.6 is 0 Å². The van der Waals surface area contributed by atoms with Gasteiger partial charge in [0.25, 0.3) is 21.8 Å². The van der Waals surface area contributed by atoms with Gasteiger partial charge in [0.1, 0.15) is 22.1 Å². The number of aromatic nitrogens is 4. The lowest BCUT2D eigenvalue weighted by atomic mass is 9.59. The Hall–Kier alpha value is -6.49. The SMILES string of the molecule is COc1cc(CN2CCN(C3CC4(CCN(c5ccc(C(=O)NS(=O)(=O)c6cnc(NCC7CCC(C)(O)CC7)c([NH+](C)[O-])c6)c(Oc6cc7c(F)c[nH]c7nc6OC)c5)CC4)C3)[C@H](c3ccccc3C(C)C)C2)cc(F)n1. The highest BCUT2D eigenvalue weighted by Gasteiger charge is 2.50. The molecule has 10 rings (SSSR count). The van der Waals surface area contributed by atoms with Crippen LogP contribution in [0.5, 0.6) is 23.3 Å². The van der Waals surface area contributed by atoms with Gasteiger partial charge < -0.3 is 44.8 Å². The van der Waals surface area contributed by atoms with E-state index < -0.39 is 43.3 Å². The van der Waals surface area contributed by atoms with Gasteiger partial charge in [0, 0.05) is 94.0 Å². The summed E-state index contributed by atoms with van der Waals surface area (Å²) in [6.45, 7) is 11.3. The fourth-order valence-electron chi connectivity index (χ4n) is 12.1. The van der Waals surface area contributed by atoms with Crippen LogP contribution in [0.25, 0.3) is 11.0 Å². The second-order valence-electron chi connectivity index (χ2n) is 22.4. The maximum Gasteiger partial charge on any atom is 0.268 e. The summed E-state index contributed by atoms with van der Waals surface area (Å²) in [5.74, 6) is -1.12. The lowest BCUT2D eigenvalue weighted by Gasteiger charge is -2.58. The Kier molecular flexibility index (Phi) is 15.7. The number of hydroxylamine groups is 1. The number of nitrogens with zero attached hydrogens (tertiary/aromatic N) is 6. The molecule has 6 heterocycles. The fourth-order valence-corrected chi connectivity index (χ4v) is 13.1. The average molecular weight is 1090 g/mol. The Balaban J connectivity index is 0.857. The van der Waals surface area contributed by atoms with E-state index in [4.69, 9.17) is 14.2 Å². The molecule has 4 aliphatic rings. The molecule has 2 saturated carbocycles. The Bertz CT molecular complexity index is 3260. The van der Waals surface area contributed by atoms with Crippen molar-refractivity contribution in [3.05, 3.63) is 118 Å². The topological polar surface area (TPSA) is 215 Å². The summed E-state index contributed by atoms with van der Waals surface area (Å²) < 4.78 is 76.8. The number of benzene rings is 2. The van der Waals surface area contributed by atoms with Crippen LogP contribution in [0.4, 0.5) is 26.0 Å². The van der Waals surface area contributed by atoms with Crippen LogP contribution in [0.2, 0.25) is 0 Å². The lowest BCUT2D eigenvalue weighted by Crippen LogP contribution is -2.98. The number of pyridine rings is 3. The molecule has 5 N–H and O–H groups in total. The Morgan fingerprint density at radius 2 is 1.72 bits per heavy atom. The number of methoxy groups -OCH3 is 2. The van der Waals surface area contributed by atoms with E-state index in [2.05, 4.69) is 82.8 Å². The number of anilines is 2. The van der Waals surface area contributed by atoms with Crippen molar-refractivity contribution in [2.24, 2.45) is 11.3 Å². The monoisotopic (exact) mass is 1090 g/mol. The van der Waals surface area contributed by atoms with E-state index in [0.29, 0.717) is 37.9 Å². The number of fused-ring (bicyclic) bond motifs is 1. The van der Waals surface area contributed by atoms with Gasteiger partial charge in [-0.25, -0.2) is 22.5 Å². The van der Waals surface area contributed by atoms with E-state index in [9.17, 15) is 32.3 Å². The standard InChI is InChI=1S/C57H70F2N10O8S/c1-35(2)41-9-7-8-10-42(41)47-34-67(33-37-23-50(59)63-51(24-37)75-5)21-22-69(47)39-28-57(29-39)17-19-68(20-18-57)38-11-12-43(48(25-38)77-49-27-44-45(58)32-62-52(44)64-55(49)76-6)54(70)65-78(73,74)40-26-46(66(4)72)53(61-31-40)60-30-36-13-15-56(3,71)16-14-36/h7-12,23-27,31-32,35-36,39,47,66,71H,13-22,28-30,33-34H2,1-6H3,(H,60,61)(H,62,64)(H,65,70)/t36?,47-,56?/m0/s1. The predicted octanol–water partition coefficient (Wildman–Crippen LogP) is 7.99. The Morgan fingerprint density at radius 1 is 0.962 bits per heavy atom. The summed E-state index contributed by atoms with van der Waals surface area (Å²) in [4.78, 5) is 36.5. The number of ether oxygens (including phenoxy) is 3. The van der Waals surface area contributed by atoms with Gasteiger partial charge >= 0.3 is 0 Å². The summed E-state index contributed by atoms with van der Waals surface area (Å²) in [7, 11) is -0.416. The highest BCUT2D eigenvalue weighted by atomic mass is 32.2. The number of hydrogen-bond acceptors (Lipinski definition) is 15. The largest absolute Gasteiger partial charge is 0.629 e. The van der Waals surface area contributed by atoms with E-state index in [-0.39, 0.29) is 68.7 Å². The third kappa shape index (κ3) is 11.8. The minimum Gasteiger partial charge on any atom is -0.629 e. The molecule has 2 aliphatic heterocycles. The minimum absolute atomic E-state index is 0.00114. The summed E-state index contributed by atoms with van der Waals surface area (Å²) in [6, 6.07) is 20.1. The van der Waals surface area contributed by atoms with Crippen molar-refractivity contribution in [1.29, 1.82) is 0 Å². The fraction of sp³-hybridized carbons (Fsp3) is 0.474. The number of aromatic amines is 1. The molecule has 2 atom stereocenters. The smallest absolute Gasteiger partial charge is 0.268 e. The number of hydrogen-bond donors (Lipinski definition) is 5. The van der Waals surface area contributed by atoms with Crippen LogP contribution < -0.4 is 34.2 Å². The number of rotatable bonds is 17. The number of carbonyl (C=O) groups excluding carboxylic acids is 1. The zero-order chi connectivity index (χ0) is 55.1. The number of H-pyrrole nitrogens is 1. The lowest BCUT2D eigenvalue weighted by molar-refractivity contribution is -0.751. The zero-order valence-corrected chi connectivity index (χ0v) is 45.9. The number of piperazine rings is 1. The van der Waals surface area contributed by atoms with Crippen LogP contribution in [0.15, 0.2) is 84.0 Å². The van der Waals surface area contributed by atoms with Crippen molar-refractivity contribution in [3.8, 4) is 23.3 Å². The molecule has 1 spiro atoms. The molecule has 4 aromatic heterocycles. The maximum atomic E-state index is 14.9. The number of halogens is 2. The molecular weight excluding hydrogens is 1020 g/mol. The van der Waals surface area contributed by atoms with Gasteiger partial charge in [-0.2, -0.15) is 14.4 Å². The molecule has 6 aromatic rings. The Labute approximate surface area is 454 Å². The minimum atomic E-state index is -4.61. The van der Waals surface area contributed by atoms with Crippen LogP contribution in [-0.4, -0.2) is 121 Å². The summed E-state index contributed by atoms with van der Waals surface area (Å²) >= 11 is 0. The number of aliphatic hydroxyl groups is 1. The molecule has 416 valence electrons. The number of amides is 1. The molecule has 18 nitrogen and oxygen atoms in total. The van der Waals surface area contributed by atoms with Crippen LogP contribution in [0.3, 0.4) is 0 Å². The first-order chi connectivity index (χ1) is 37.3. The molecule has 1 amide bonds. The van der Waals surface area contributed by atoms with Gasteiger partial charge in [0.2, 0.25) is 11.8 Å². The summed E-state index contributed by atoms with van der Waals surface area (Å²) in [6.07, 6.45) is 9.09. The molecule has 0 radical (unpaired) electrons. The van der Waals surface area contributed by atoms with Crippen LogP contribution in [0, 0.1) is 28.3 Å². The van der Waals surface area contributed by atoms with Gasteiger partial charge in [0.05, 0.1) is 44.0 Å². The van der Waals surface area contributed by atoms with E-state index in [1.807, 2.05) is 6.92 Å². The molecule has 1 unspecified atom stereocenters. The van der Waals surface area contributed by atoms with Gasteiger partial charge in [-0.1, -0.05) is 38.1 Å². The quantitative estimate of drug-likeness (QED) is 0.0432. The van der Waals surface area contributed by atoms with Crippen molar-refractivity contribution in [2.75, 3.05) is 70.8 Å². The number of nitrogens with one attached hydrogen (secondary N) is 4. The van der Waals surface area contributed by atoms with Crippen molar-refractivity contribution in [1.82, 2.24) is 34.5 Å². The van der Waals surface area contributed by atoms with Crippen molar-refractivity contribution < 1.29 is 46.4 Å². The number of carbonyl (C=O) groups is 1. The van der Waals surface area contributed by atoms with E-state index >= 15 is 0 Å². The van der Waals surface area contributed by atoms with E-state index in [0.717, 1.165) is 94.9 Å². The van der Waals surface area contributed by atoms with E-state index in [1.54, 1.807) is 18.2 Å². The maximum absolute atomic E-state index is 14.9. The first kappa shape index (κ1) is 54.8. The molecule has 0 bridgehead atoms. The van der Waals surface area contributed by atoms with Gasteiger partial charge in [0.15, 0.2) is 17.3 Å². The summed E-state index contributed by atoms with van der Waals surface area (Å²) in [5.41, 5.74) is 3.78. The molecular formula is C57H70F2N10O8S. The normalized spacial score (nSPS) is 21.6. The van der Waals surface area contributed by atoms with Gasteiger partial charge in [-0.3, -0.25) is 14.6 Å². The molecule has 2 saturated heterocycles. The predicted molar refractivity (Wildman–Crippen MR) is 292 cm³/mol. The van der Waals surface area contributed by atoms with Crippen molar-refractivity contribution >= 4 is 44.2 Å². The first-order valence-electron chi connectivity index (χ1n) is 26.9. The highest BCUT2D eigenvalue weighted by molar-refractivity contribution is 7.90. The summed E-state index contributed by atoms with van der Waals surface area (Å²) in [5, 5.41) is 26.2. The third-order valence-electron chi connectivity index (χ3n) is 16.6. The van der Waals surface area contributed by atoms with Crippen molar-refractivity contribution in [3.63, 3.8) is 0 Å². The molecule has 78 heavy (non-hydrogen) atoms. The van der Waals surface area contributed by atoms with Gasteiger partial charge in [-0.05, 0) is 110 Å². The zero-order valence-electron chi connectivity index (χ0n) is 45.1. The van der Waals surface area contributed by atoms with E-state index in [1.165, 1.54) is 56.7 Å². The number of quaternary nitrogens is 1. The third-order valence-corrected chi connectivity index (χ3v) is 17.9. The molecule has 2 aliphatic carbocycles. The highest BCUT2D eigenvalue weighted by Crippen LogP contribution is 2.53. The average Bonchev–Trinajstić information content (AvgIpc) is 3.83. The molecule has 21 heteroatoms. The second kappa shape index (κ2) is 22.3. The number of sulfonamides is 1. The van der Waals surface area contributed by atoms with Crippen LogP contribution in [-0.2, 0) is 16.6 Å². The van der Waals surface area contributed by atoms with Gasteiger partial charge in [-0.15, -0.1) is 0 Å². The number of piperidine rings is 1. The van der Waals surface area contributed by atoms with Crippen LogP contribution in [0.1, 0.15) is 111 Å². The van der Waals surface area contributed by atoms with Crippen molar-refractivity contribution in [2.45, 2.75) is 107 Å². The Morgan fingerprint density at radius 3 is 2.44 bits per heavy atom. The molecule has 2 aromatic carbocycles. The first-order valence-corrected chi connectivity index (χ1v) is 28.4. The second-order valence-corrected chi connectivity index (χ2v) is 24.0.